The highest BCUT2D eigenvalue weighted by atomic mass is 16.7. The van der Waals surface area contributed by atoms with Crippen molar-refractivity contribution in [1.29, 1.82) is 0 Å². The van der Waals surface area contributed by atoms with Crippen LogP contribution in [0.1, 0.15) is 42.3 Å². The smallest absolute Gasteiger partial charge is 0.351 e. The van der Waals surface area contributed by atoms with Crippen LogP contribution in [0.25, 0.3) is 0 Å². The Morgan fingerprint density at radius 1 is 1.29 bits per heavy atom. The van der Waals surface area contributed by atoms with Crippen molar-refractivity contribution in [2.24, 2.45) is 12.2 Å². The number of benzene rings is 1. The van der Waals surface area contributed by atoms with Gasteiger partial charge in [0.25, 0.3) is 0 Å². The summed E-state index contributed by atoms with van der Waals surface area (Å²) in [5, 5.41) is 6.85. The molecule has 1 heterocycles. The number of oxime groups is 1. The Hall–Kier alpha value is -2.56. The molecule has 1 aromatic heterocycles. The lowest BCUT2D eigenvalue weighted by Crippen LogP contribution is -2.17. The summed E-state index contributed by atoms with van der Waals surface area (Å²) in [5.41, 5.74) is 6.61. The van der Waals surface area contributed by atoms with Crippen LogP contribution in [-0.4, -0.2) is 16.4 Å². The second-order valence-electron chi connectivity index (χ2n) is 6.06. The van der Waals surface area contributed by atoms with E-state index < -0.39 is 6.09 Å². The molecular weight excluding hydrogens is 302 g/mol. The van der Waals surface area contributed by atoms with Gasteiger partial charge in [0.05, 0.1) is 5.71 Å². The van der Waals surface area contributed by atoms with Crippen LogP contribution in [0, 0.1) is 6.92 Å². The largest absolute Gasteiger partial charge is 0.437 e. The average molecular weight is 325 g/mol. The molecule has 1 amide bonds. The summed E-state index contributed by atoms with van der Waals surface area (Å²) in [6, 6.07) is 9.22. The number of amides is 1. The normalized spacial score (nSPS) is 15.2. The third-order valence-corrected chi connectivity index (χ3v) is 4.66. The fourth-order valence-electron chi connectivity index (χ4n) is 3.39. The van der Waals surface area contributed by atoms with Crippen molar-refractivity contribution in [2.45, 2.75) is 39.5 Å². The van der Waals surface area contributed by atoms with E-state index in [2.05, 4.69) is 35.9 Å². The van der Waals surface area contributed by atoms with Gasteiger partial charge in [-0.15, -0.1) is 0 Å². The molecule has 0 bridgehead atoms. The van der Waals surface area contributed by atoms with Crippen molar-refractivity contribution in [3.05, 3.63) is 52.8 Å². The fourth-order valence-corrected chi connectivity index (χ4v) is 3.39. The van der Waals surface area contributed by atoms with Crippen LogP contribution in [0.3, 0.4) is 0 Å². The molecule has 5 nitrogen and oxygen atoms in total. The van der Waals surface area contributed by atoms with Crippen molar-refractivity contribution in [1.82, 2.24) is 4.57 Å². The zero-order chi connectivity index (χ0) is 17.1. The predicted octanol–water partition coefficient (Wildman–Crippen LogP) is 4.19. The lowest BCUT2D eigenvalue weighted by atomic mass is 9.91. The summed E-state index contributed by atoms with van der Waals surface area (Å²) in [5.74, 6) is 0. The first-order valence-electron chi connectivity index (χ1n) is 8.39. The van der Waals surface area contributed by atoms with Crippen molar-refractivity contribution in [3.8, 4) is 0 Å². The van der Waals surface area contributed by atoms with Crippen LogP contribution < -0.4 is 5.32 Å². The number of para-hydroxylation sites is 1. The fraction of sp³-hybridized carbons (Fsp3) is 0.368. The number of fused-ring (bicyclic) bond motifs is 1. The Balaban J connectivity index is 1.80. The highest BCUT2D eigenvalue weighted by Crippen LogP contribution is 2.30. The van der Waals surface area contributed by atoms with E-state index in [0.717, 1.165) is 31.4 Å². The number of hydrogen-bond donors (Lipinski definition) is 1. The molecular formula is C19H23N3O2. The minimum atomic E-state index is -0.563. The van der Waals surface area contributed by atoms with Gasteiger partial charge >= 0.3 is 6.09 Å². The number of anilines is 1. The van der Waals surface area contributed by atoms with Gasteiger partial charge in [-0.1, -0.05) is 30.3 Å². The number of carbonyl (C=O) groups is 1. The number of aromatic nitrogens is 1. The molecule has 0 unspecified atom stereocenters. The van der Waals surface area contributed by atoms with Crippen LogP contribution in [0.5, 0.6) is 0 Å². The van der Waals surface area contributed by atoms with Crippen LogP contribution in [0.15, 0.2) is 35.5 Å². The summed E-state index contributed by atoms with van der Waals surface area (Å²) in [6.07, 6.45) is 3.29. The zero-order valence-electron chi connectivity index (χ0n) is 14.4. The van der Waals surface area contributed by atoms with Crippen LogP contribution >= 0.6 is 0 Å². The van der Waals surface area contributed by atoms with Crippen molar-refractivity contribution in [3.63, 3.8) is 0 Å². The van der Waals surface area contributed by atoms with Crippen LogP contribution in [0.4, 0.5) is 10.5 Å². The minimum absolute atomic E-state index is 0.563. The quantitative estimate of drug-likeness (QED) is 0.679. The topological polar surface area (TPSA) is 55.6 Å². The Kier molecular flexibility index (Phi) is 4.69. The number of rotatable bonds is 3. The molecule has 1 aliphatic rings. The molecule has 0 spiro atoms. The van der Waals surface area contributed by atoms with E-state index in [1.165, 1.54) is 22.5 Å². The first-order chi connectivity index (χ1) is 11.6. The molecule has 1 N–H and O–H groups in total. The maximum absolute atomic E-state index is 11.9. The Morgan fingerprint density at radius 3 is 2.75 bits per heavy atom. The van der Waals surface area contributed by atoms with Gasteiger partial charge in [-0.25, -0.2) is 4.79 Å². The van der Waals surface area contributed by atoms with Gasteiger partial charge in [0.1, 0.15) is 0 Å². The predicted molar refractivity (Wildman–Crippen MR) is 95.5 cm³/mol. The van der Waals surface area contributed by atoms with E-state index in [4.69, 9.17) is 4.84 Å². The van der Waals surface area contributed by atoms with Gasteiger partial charge in [-0.2, -0.15) is 0 Å². The van der Waals surface area contributed by atoms with Gasteiger partial charge in [0.2, 0.25) is 0 Å². The molecule has 1 aromatic carbocycles. The highest BCUT2D eigenvalue weighted by Gasteiger charge is 2.25. The van der Waals surface area contributed by atoms with Gasteiger partial charge in [-0.3, -0.25) is 10.2 Å². The number of nitrogens with zero attached hydrogens (tertiary/aromatic N) is 2. The van der Waals surface area contributed by atoms with Crippen LogP contribution in [-0.2, 0) is 24.7 Å². The van der Waals surface area contributed by atoms with Gasteiger partial charge < -0.3 is 4.57 Å². The first kappa shape index (κ1) is 16.3. The molecule has 0 atom stereocenters. The average Bonchev–Trinajstić information content (AvgIpc) is 2.85. The van der Waals surface area contributed by atoms with E-state index in [-0.39, 0.29) is 0 Å². The summed E-state index contributed by atoms with van der Waals surface area (Å²) in [6.45, 7) is 4.29. The highest BCUT2D eigenvalue weighted by molar-refractivity contribution is 6.04. The third kappa shape index (κ3) is 3.07. The van der Waals surface area contributed by atoms with Crippen LogP contribution in [0.2, 0.25) is 0 Å². The van der Waals surface area contributed by atoms with E-state index in [9.17, 15) is 4.79 Å². The lowest BCUT2D eigenvalue weighted by Gasteiger charge is -2.16. The first-order valence-corrected chi connectivity index (χ1v) is 8.39. The zero-order valence-corrected chi connectivity index (χ0v) is 14.4. The summed E-state index contributed by atoms with van der Waals surface area (Å²) in [7, 11) is 2.10. The minimum Gasteiger partial charge on any atom is -0.351 e. The van der Waals surface area contributed by atoms with Gasteiger partial charge in [0.15, 0.2) is 0 Å². The maximum atomic E-state index is 11.9. The summed E-state index contributed by atoms with van der Waals surface area (Å²) < 4.78 is 2.24. The molecule has 0 saturated carbocycles. The molecule has 0 radical (unpaired) electrons. The second kappa shape index (κ2) is 6.91. The molecule has 126 valence electrons. The molecule has 0 aliphatic heterocycles. The van der Waals surface area contributed by atoms with E-state index in [1.54, 1.807) is 0 Å². The van der Waals surface area contributed by atoms with Gasteiger partial charge in [-0.05, 0) is 50.3 Å². The summed E-state index contributed by atoms with van der Waals surface area (Å²) >= 11 is 0. The molecule has 3 rings (SSSR count). The monoisotopic (exact) mass is 325 g/mol. The number of carbonyl (C=O) groups excluding carboxylic acids is 1. The Labute approximate surface area is 142 Å². The molecule has 0 fully saturated rings. The molecule has 0 saturated heterocycles. The molecule has 24 heavy (non-hydrogen) atoms. The maximum Gasteiger partial charge on any atom is 0.437 e. The van der Waals surface area contributed by atoms with Crippen molar-refractivity contribution in [2.75, 3.05) is 5.32 Å². The number of hydrogen-bond acceptors (Lipinski definition) is 3. The molecule has 2 aromatic rings. The molecule has 1 aliphatic carbocycles. The standard InChI is InChI=1S/C19H23N3O2/c1-4-15-13(2)22(3)17-12-8-11-16(18(15)17)21-24-19(23)20-14-9-6-5-7-10-14/h5-7,9-10H,4,8,11-12H2,1-3H3,(H,20,23)/b21-16+. The Bertz CT molecular complexity index is 756. The van der Waals surface area contributed by atoms with Crippen molar-refractivity contribution >= 4 is 17.5 Å². The lowest BCUT2D eigenvalue weighted by molar-refractivity contribution is 0.166. The van der Waals surface area contributed by atoms with E-state index >= 15 is 0 Å². The van der Waals surface area contributed by atoms with Crippen molar-refractivity contribution < 1.29 is 9.63 Å². The van der Waals surface area contributed by atoms with Gasteiger partial charge in [0, 0.05) is 29.7 Å². The number of nitrogens with one attached hydrogen (secondary N) is 1. The SMILES string of the molecule is CCc1c2c(n(C)c1C)CCC/C2=N\OC(=O)Nc1ccccc1. The van der Waals surface area contributed by atoms with E-state index in [0.29, 0.717) is 5.69 Å². The Morgan fingerprint density at radius 2 is 2.04 bits per heavy atom. The summed E-state index contributed by atoms with van der Waals surface area (Å²) in [4.78, 5) is 17.1. The second-order valence-corrected chi connectivity index (χ2v) is 6.06. The van der Waals surface area contributed by atoms with E-state index in [1.807, 2.05) is 30.3 Å². The molecule has 5 heteroatoms. The third-order valence-electron chi connectivity index (χ3n) is 4.66.